The van der Waals surface area contributed by atoms with Crippen LogP contribution < -0.4 is 22.1 Å². The molecule has 26 heavy (non-hydrogen) atoms. The largest absolute Gasteiger partial charge is 0.382 e. The summed E-state index contributed by atoms with van der Waals surface area (Å²) in [5.41, 5.74) is 19.0. The first-order valence-corrected chi connectivity index (χ1v) is 8.87. The zero-order valence-electron chi connectivity index (χ0n) is 14.4. The molecule has 0 radical (unpaired) electrons. The summed E-state index contributed by atoms with van der Waals surface area (Å²) in [6.07, 6.45) is 5.73. The maximum absolute atomic E-state index is 12.7. The van der Waals surface area contributed by atoms with E-state index < -0.39 is 0 Å². The van der Waals surface area contributed by atoms with Gasteiger partial charge in [0, 0.05) is 43.2 Å². The minimum atomic E-state index is -0.279. The van der Waals surface area contributed by atoms with Gasteiger partial charge in [-0.05, 0) is 31.4 Å². The number of halogens is 1. The van der Waals surface area contributed by atoms with E-state index in [4.69, 9.17) is 28.8 Å². The van der Waals surface area contributed by atoms with Crippen molar-refractivity contribution >= 4 is 34.7 Å². The number of hydrogen-bond donors (Lipinski definition) is 3. The minimum Gasteiger partial charge on any atom is -0.382 e. The number of Topliss-reactive ketones (excluding diaryl/α,β-unsaturated/α-hetero) is 1. The van der Waals surface area contributed by atoms with Crippen LogP contribution in [0.3, 0.4) is 0 Å². The van der Waals surface area contributed by atoms with Gasteiger partial charge in [0.25, 0.3) is 0 Å². The first kappa shape index (κ1) is 18.3. The SMILES string of the molecule is NCC1CCCN(c2ccncc2CC(=O)c2nc(Cl)c(N)nc2N)C1. The third kappa shape index (κ3) is 3.86. The van der Waals surface area contributed by atoms with E-state index in [9.17, 15) is 4.79 Å². The standard InChI is InChI=1S/C17H22ClN7O/c18-15-17(21)24-16(20)14(23-15)13(26)6-11-8-22-4-3-12(11)25-5-1-2-10(7-19)9-25/h3-4,8,10H,1-2,5-7,9,19H2,(H4,20,21,24). The highest BCUT2D eigenvalue weighted by atomic mass is 35.5. The van der Waals surface area contributed by atoms with Gasteiger partial charge in [0.15, 0.2) is 28.3 Å². The van der Waals surface area contributed by atoms with Crippen LogP contribution >= 0.6 is 11.6 Å². The van der Waals surface area contributed by atoms with Crippen LogP contribution in [0.4, 0.5) is 17.3 Å². The smallest absolute Gasteiger partial charge is 0.189 e. The normalized spacial score (nSPS) is 17.3. The van der Waals surface area contributed by atoms with E-state index in [1.54, 1.807) is 12.4 Å². The molecule has 0 saturated carbocycles. The quantitative estimate of drug-likeness (QED) is 0.664. The lowest BCUT2D eigenvalue weighted by Crippen LogP contribution is -2.39. The maximum atomic E-state index is 12.7. The molecule has 1 aliphatic heterocycles. The zero-order chi connectivity index (χ0) is 18.7. The van der Waals surface area contributed by atoms with Crippen molar-refractivity contribution in [3.63, 3.8) is 0 Å². The molecule has 0 aromatic carbocycles. The lowest BCUT2D eigenvalue weighted by Gasteiger charge is -2.35. The molecule has 1 atom stereocenters. The molecule has 0 aliphatic carbocycles. The summed E-state index contributed by atoms with van der Waals surface area (Å²) in [6, 6.07) is 1.92. The van der Waals surface area contributed by atoms with E-state index in [1.165, 1.54) is 0 Å². The topological polar surface area (TPSA) is 137 Å². The molecule has 1 saturated heterocycles. The summed E-state index contributed by atoms with van der Waals surface area (Å²) < 4.78 is 0. The summed E-state index contributed by atoms with van der Waals surface area (Å²) in [4.78, 5) is 27.0. The highest BCUT2D eigenvalue weighted by Crippen LogP contribution is 2.27. The number of carbonyl (C=O) groups is 1. The number of hydrogen-bond acceptors (Lipinski definition) is 8. The number of pyridine rings is 1. The average molecular weight is 376 g/mol. The van der Waals surface area contributed by atoms with E-state index >= 15 is 0 Å². The van der Waals surface area contributed by atoms with Gasteiger partial charge in [0.2, 0.25) is 0 Å². The molecule has 9 heteroatoms. The second-order valence-corrected chi connectivity index (χ2v) is 6.79. The fraction of sp³-hybridized carbons (Fsp3) is 0.412. The fourth-order valence-corrected chi connectivity index (χ4v) is 3.37. The van der Waals surface area contributed by atoms with Crippen molar-refractivity contribution in [3.05, 3.63) is 34.9 Å². The number of nitrogen functional groups attached to an aromatic ring is 2. The Labute approximate surface area is 156 Å². The lowest BCUT2D eigenvalue weighted by molar-refractivity contribution is 0.0989. The van der Waals surface area contributed by atoms with Crippen molar-refractivity contribution in [1.29, 1.82) is 0 Å². The molecule has 3 rings (SSSR count). The summed E-state index contributed by atoms with van der Waals surface area (Å²) in [6.45, 7) is 2.46. The summed E-state index contributed by atoms with van der Waals surface area (Å²) in [5, 5.41) is -0.0317. The summed E-state index contributed by atoms with van der Waals surface area (Å²) in [5.74, 6) is 0.156. The number of rotatable bonds is 5. The van der Waals surface area contributed by atoms with Gasteiger partial charge in [0.1, 0.15) is 0 Å². The molecule has 8 nitrogen and oxygen atoms in total. The van der Waals surface area contributed by atoms with E-state index in [1.807, 2.05) is 6.07 Å². The van der Waals surface area contributed by atoms with Crippen molar-refractivity contribution in [2.75, 3.05) is 36.0 Å². The highest BCUT2D eigenvalue weighted by Gasteiger charge is 2.23. The Kier molecular flexibility index (Phi) is 5.53. The maximum Gasteiger partial charge on any atom is 0.189 e. The molecule has 2 aromatic heterocycles. The fourth-order valence-electron chi connectivity index (χ4n) is 3.24. The van der Waals surface area contributed by atoms with Crippen molar-refractivity contribution < 1.29 is 4.79 Å². The zero-order valence-corrected chi connectivity index (χ0v) is 15.1. The van der Waals surface area contributed by atoms with Gasteiger partial charge < -0.3 is 22.1 Å². The van der Waals surface area contributed by atoms with E-state index in [-0.39, 0.29) is 34.7 Å². The van der Waals surface area contributed by atoms with Crippen LogP contribution in [0.15, 0.2) is 18.5 Å². The predicted molar refractivity (Wildman–Crippen MR) is 102 cm³/mol. The Morgan fingerprint density at radius 3 is 2.88 bits per heavy atom. The Bertz CT molecular complexity index is 814. The summed E-state index contributed by atoms with van der Waals surface area (Å²) in [7, 11) is 0. The van der Waals surface area contributed by atoms with Crippen LogP contribution in [-0.2, 0) is 6.42 Å². The Morgan fingerprint density at radius 1 is 1.31 bits per heavy atom. The average Bonchev–Trinajstić information content (AvgIpc) is 2.65. The molecule has 3 heterocycles. The number of ketones is 1. The van der Waals surface area contributed by atoms with Crippen LogP contribution in [0.2, 0.25) is 5.15 Å². The van der Waals surface area contributed by atoms with Crippen molar-refractivity contribution in [1.82, 2.24) is 15.0 Å². The number of piperidine rings is 1. The molecular weight excluding hydrogens is 354 g/mol. The van der Waals surface area contributed by atoms with Crippen LogP contribution in [0, 0.1) is 5.92 Å². The van der Waals surface area contributed by atoms with Crippen molar-refractivity contribution in [2.24, 2.45) is 11.7 Å². The third-order valence-corrected chi connectivity index (χ3v) is 4.87. The third-order valence-electron chi connectivity index (χ3n) is 4.59. The lowest BCUT2D eigenvalue weighted by atomic mass is 9.96. The monoisotopic (exact) mass is 375 g/mol. The van der Waals surface area contributed by atoms with Crippen molar-refractivity contribution in [3.8, 4) is 0 Å². The molecule has 2 aromatic rings. The minimum absolute atomic E-state index is 0.00364. The van der Waals surface area contributed by atoms with Gasteiger partial charge in [0.05, 0.1) is 0 Å². The van der Waals surface area contributed by atoms with Gasteiger partial charge in [-0.25, -0.2) is 9.97 Å². The molecule has 6 N–H and O–H groups in total. The first-order valence-electron chi connectivity index (χ1n) is 8.49. The van der Waals surface area contributed by atoms with Gasteiger partial charge >= 0.3 is 0 Å². The number of anilines is 3. The van der Waals surface area contributed by atoms with Crippen LogP contribution in [0.5, 0.6) is 0 Å². The number of aromatic nitrogens is 3. The van der Waals surface area contributed by atoms with Gasteiger partial charge in [-0.1, -0.05) is 11.6 Å². The van der Waals surface area contributed by atoms with Crippen LogP contribution in [0.25, 0.3) is 0 Å². The van der Waals surface area contributed by atoms with Gasteiger partial charge in [-0.3, -0.25) is 9.78 Å². The first-order chi connectivity index (χ1) is 12.5. The van der Waals surface area contributed by atoms with Gasteiger partial charge in [-0.15, -0.1) is 0 Å². The number of nitrogens with zero attached hydrogens (tertiary/aromatic N) is 4. The molecular formula is C17H22ClN7O. The van der Waals surface area contributed by atoms with E-state index in [2.05, 4.69) is 19.9 Å². The van der Waals surface area contributed by atoms with Crippen LogP contribution in [0.1, 0.15) is 28.9 Å². The number of nitrogens with two attached hydrogens (primary N) is 3. The molecule has 0 spiro atoms. The Morgan fingerprint density at radius 2 is 2.12 bits per heavy atom. The second-order valence-electron chi connectivity index (χ2n) is 6.43. The van der Waals surface area contributed by atoms with Gasteiger partial charge in [-0.2, -0.15) is 0 Å². The highest BCUT2D eigenvalue weighted by molar-refractivity contribution is 6.31. The molecule has 0 amide bonds. The van der Waals surface area contributed by atoms with E-state index in [0.717, 1.165) is 37.2 Å². The molecule has 0 bridgehead atoms. The molecule has 1 fully saturated rings. The number of carbonyl (C=O) groups excluding carboxylic acids is 1. The van der Waals surface area contributed by atoms with Crippen LogP contribution in [-0.4, -0.2) is 40.4 Å². The van der Waals surface area contributed by atoms with E-state index in [0.29, 0.717) is 12.5 Å². The molecule has 1 aliphatic rings. The second kappa shape index (κ2) is 7.84. The molecule has 138 valence electrons. The summed E-state index contributed by atoms with van der Waals surface area (Å²) >= 11 is 5.88. The Hall–Kier alpha value is -2.45. The molecule has 1 unspecified atom stereocenters. The Balaban J connectivity index is 1.84. The van der Waals surface area contributed by atoms with Crippen molar-refractivity contribution in [2.45, 2.75) is 19.3 Å². The predicted octanol–water partition coefficient (Wildman–Crippen LogP) is 1.29.